The molecule has 2 aromatic carbocycles. The Hall–Kier alpha value is -2.69. The van der Waals surface area contributed by atoms with Gasteiger partial charge in [0.05, 0.1) is 4.92 Å². The summed E-state index contributed by atoms with van der Waals surface area (Å²) in [6.07, 6.45) is 1.16. The van der Waals surface area contributed by atoms with Gasteiger partial charge in [-0.25, -0.2) is 0 Å². The third-order valence-electron chi connectivity index (χ3n) is 2.80. The zero-order valence-electron chi connectivity index (χ0n) is 10.7. The lowest BCUT2D eigenvalue weighted by molar-refractivity contribution is -0.384. The molecule has 5 heteroatoms. The van der Waals surface area contributed by atoms with Gasteiger partial charge in [-0.1, -0.05) is 30.3 Å². The van der Waals surface area contributed by atoms with Crippen LogP contribution in [0.4, 0.5) is 5.69 Å². The number of nitrogens with zero attached hydrogens (tertiary/aromatic N) is 1. The van der Waals surface area contributed by atoms with E-state index in [0.29, 0.717) is 24.0 Å². The molecule has 0 N–H and O–H groups in total. The molecule has 5 nitrogen and oxygen atoms in total. The van der Waals surface area contributed by atoms with Crippen LogP contribution in [0.3, 0.4) is 0 Å². The van der Waals surface area contributed by atoms with E-state index in [1.54, 1.807) is 0 Å². The van der Waals surface area contributed by atoms with Gasteiger partial charge in [-0.2, -0.15) is 0 Å². The number of benzene rings is 2. The van der Waals surface area contributed by atoms with Crippen LogP contribution < -0.4 is 4.74 Å². The molecule has 0 aliphatic rings. The summed E-state index contributed by atoms with van der Waals surface area (Å²) >= 11 is 0. The van der Waals surface area contributed by atoms with Gasteiger partial charge in [0.25, 0.3) is 5.69 Å². The number of carbonyl (C=O) groups excluding carboxylic acids is 1. The molecule has 2 rings (SSSR count). The van der Waals surface area contributed by atoms with E-state index in [0.717, 1.165) is 5.56 Å². The molecule has 0 atom stereocenters. The van der Waals surface area contributed by atoms with Crippen LogP contribution in [-0.4, -0.2) is 17.8 Å². The van der Waals surface area contributed by atoms with Gasteiger partial charge in [0.2, 0.25) is 0 Å². The first-order valence-corrected chi connectivity index (χ1v) is 6.08. The standard InChI is InChI=1S/C15H13NO4/c17-8-9-20-15-7-6-14(16(18)19)11-13(15)10-12-4-2-1-3-5-12/h1-8,11H,9-10H2. The monoisotopic (exact) mass is 271 g/mol. The average molecular weight is 271 g/mol. The lowest BCUT2D eigenvalue weighted by atomic mass is 10.0. The molecule has 102 valence electrons. The van der Waals surface area contributed by atoms with Crippen molar-refractivity contribution in [2.75, 3.05) is 6.61 Å². The van der Waals surface area contributed by atoms with Gasteiger partial charge >= 0.3 is 0 Å². The van der Waals surface area contributed by atoms with E-state index in [1.807, 2.05) is 30.3 Å². The molecule has 0 spiro atoms. The third-order valence-corrected chi connectivity index (χ3v) is 2.80. The zero-order valence-corrected chi connectivity index (χ0v) is 10.7. The maximum absolute atomic E-state index is 10.8. The average Bonchev–Trinajstić information content (AvgIpc) is 2.47. The first kappa shape index (κ1) is 13.7. The van der Waals surface area contributed by atoms with Crippen LogP contribution in [0, 0.1) is 10.1 Å². The Morgan fingerprint density at radius 2 is 1.90 bits per heavy atom. The van der Waals surface area contributed by atoms with Gasteiger partial charge in [-0.15, -0.1) is 0 Å². The van der Waals surface area contributed by atoms with E-state index in [-0.39, 0.29) is 12.3 Å². The highest BCUT2D eigenvalue weighted by molar-refractivity contribution is 5.53. The number of ether oxygens (including phenoxy) is 1. The molecular formula is C15H13NO4. The molecule has 0 amide bonds. The SMILES string of the molecule is O=CCOc1ccc([N+](=O)[O-])cc1Cc1ccccc1. The van der Waals surface area contributed by atoms with Crippen molar-refractivity contribution in [3.05, 3.63) is 69.8 Å². The number of carbonyl (C=O) groups is 1. The summed E-state index contributed by atoms with van der Waals surface area (Å²) in [4.78, 5) is 20.8. The number of rotatable bonds is 6. The second-order valence-corrected chi connectivity index (χ2v) is 4.19. The van der Waals surface area contributed by atoms with E-state index < -0.39 is 4.92 Å². The molecule has 0 saturated carbocycles. The summed E-state index contributed by atoms with van der Waals surface area (Å²) < 4.78 is 5.30. The van der Waals surface area contributed by atoms with Crippen molar-refractivity contribution in [3.8, 4) is 5.75 Å². The number of non-ortho nitro benzene ring substituents is 1. The fourth-order valence-corrected chi connectivity index (χ4v) is 1.90. The van der Waals surface area contributed by atoms with Crippen molar-refractivity contribution in [1.82, 2.24) is 0 Å². The maximum atomic E-state index is 10.8. The largest absolute Gasteiger partial charge is 0.486 e. The summed E-state index contributed by atoms with van der Waals surface area (Å²) in [5.41, 5.74) is 1.71. The number of aldehydes is 1. The molecule has 0 heterocycles. The first-order valence-electron chi connectivity index (χ1n) is 6.08. The van der Waals surface area contributed by atoms with Crippen molar-refractivity contribution < 1.29 is 14.5 Å². The molecule has 2 aromatic rings. The molecule has 0 radical (unpaired) electrons. The van der Waals surface area contributed by atoms with Crippen molar-refractivity contribution >= 4 is 12.0 Å². The minimum Gasteiger partial charge on any atom is -0.486 e. The Balaban J connectivity index is 2.33. The highest BCUT2D eigenvalue weighted by Crippen LogP contribution is 2.26. The molecule has 0 saturated heterocycles. The van der Waals surface area contributed by atoms with Crippen molar-refractivity contribution in [3.63, 3.8) is 0 Å². The van der Waals surface area contributed by atoms with Crippen LogP contribution in [0.1, 0.15) is 11.1 Å². The second-order valence-electron chi connectivity index (χ2n) is 4.19. The van der Waals surface area contributed by atoms with Crippen molar-refractivity contribution in [2.45, 2.75) is 6.42 Å². The highest BCUT2D eigenvalue weighted by atomic mass is 16.6. The minimum absolute atomic E-state index is 0.00869. The topological polar surface area (TPSA) is 69.4 Å². The van der Waals surface area contributed by atoms with Gasteiger partial charge in [0.15, 0.2) is 6.29 Å². The second kappa shape index (κ2) is 6.47. The molecule has 0 aromatic heterocycles. The molecular weight excluding hydrogens is 258 g/mol. The summed E-state index contributed by atoms with van der Waals surface area (Å²) in [6.45, 7) is -0.0698. The maximum Gasteiger partial charge on any atom is 0.269 e. The van der Waals surface area contributed by atoms with Crippen LogP contribution in [0.15, 0.2) is 48.5 Å². The highest BCUT2D eigenvalue weighted by Gasteiger charge is 2.12. The normalized spacial score (nSPS) is 10.0. The summed E-state index contributed by atoms with van der Waals surface area (Å²) in [5, 5.41) is 10.8. The smallest absolute Gasteiger partial charge is 0.269 e. The zero-order chi connectivity index (χ0) is 14.4. The quantitative estimate of drug-likeness (QED) is 0.460. The Morgan fingerprint density at radius 3 is 2.55 bits per heavy atom. The van der Waals surface area contributed by atoms with Crippen molar-refractivity contribution in [1.29, 1.82) is 0 Å². The van der Waals surface area contributed by atoms with Crippen molar-refractivity contribution in [2.24, 2.45) is 0 Å². The number of nitro groups is 1. The minimum atomic E-state index is -0.446. The van der Waals surface area contributed by atoms with Crippen LogP contribution in [0.2, 0.25) is 0 Å². The fourth-order valence-electron chi connectivity index (χ4n) is 1.90. The van der Waals surface area contributed by atoms with Crippen LogP contribution in [0.25, 0.3) is 0 Å². The predicted octanol–water partition coefficient (Wildman–Crippen LogP) is 2.76. The number of nitro benzene ring substituents is 1. The first-order chi connectivity index (χ1) is 9.70. The van der Waals surface area contributed by atoms with E-state index in [9.17, 15) is 14.9 Å². The van der Waals surface area contributed by atoms with Gasteiger partial charge in [-0.05, 0) is 11.6 Å². The molecule has 0 unspecified atom stereocenters. The van der Waals surface area contributed by atoms with Crippen LogP contribution in [-0.2, 0) is 11.2 Å². The number of hydrogen-bond donors (Lipinski definition) is 0. The number of hydrogen-bond acceptors (Lipinski definition) is 4. The molecule has 0 aliphatic heterocycles. The molecule has 20 heavy (non-hydrogen) atoms. The lowest BCUT2D eigenvalue weighted by Crippen LogP contribution is -2.02. The van der Waals surface area contributed by atoms with Crippen LogP contribution >= 0.6 is 0 Å². The summed E-state index contributed by atoms with van der Waals surface area (Å²) in [6, 6.07) is 13.9. The fraction of sp³-hybridized carbons (Fsp3) is 0.133. The Labute approximate surface area is 116 Å². The third kappa shape index (κ3) is 3.41. The van der Waals surface area contributed by atoms with E-state index in [4.69, 9.17) is 4.74 Å². The Kier molecular flexibility index (Phi) is 4.44. The van der Waals surface area contributed by atoms with Gasteiger partial charge < -0.3 is 4.74 Å². The van der Waals surface area contributed by atoms with Gasteiger partial charge in [0, 0.05) is 24.1 Å². The molecule has 0 aliphatic carbocycles. The van der Waals surface area contributed by atoms with E-state index in [2.05, 4.69) is 0 Å². The summed E-state index contributed by atoms with van der Waals surface area (Å²) in [5.74, 6) is 0.492. The van der Waals surface area contributed by atoms with Crippen LogP contribution in [0.5, 0.6) is 5.75 Å². The summed E-state index contributed by atoms with van der Waals surface area (Å²) in [7, 11) is 0. The predicted molar refractivity (Wildman–Crippen MR) is 73.9 cm³/mol. The van der Waals surface area contributed by atoms with E-state index in [1.165, 1.54) is 18.2 Å². The van der Waals surface area contributed by atoms with Gasteiger partial charge in [-0.3, -0.25) is 14.9 Å². The Bertz CT molecular complexity index is 611. The molecule has 0 fully saturated rings. The van der Waals surface area contributed by atoms with Gasteiger partial charge in [0.1, 0.15) is 12.4 Å². The Morgan fingerprint density at radius 1 is 1.15 bits per heavy atom. The van der Waals surface area contributed by atoms with E-state index >= 15 is 0 Å². The lowest BCUT2D eigenvalue weighted by Gasteiger charge is -2.09. The molecule has 0 bridgehead atoms.